The van der Waals surface area contributed by atoms with Gasteiger partial charge in [-0.1, -0.05) is 0 Å². The molecule has 1 aromatic carbocycles. The fraction of sp³-hybridized carbons (Fsp3) is 0.462. The molecule has 0 bridgehead atoms. The maximum atomic E-state index is 8.78. The van der Waals surface area contributed by atoms with Gasteiger partial charge in [-0.15, -0.1) is 0 Å². The number of hydrogen-bond acceptors (Lipinski definition) is 3. The molecule has 0 saturated heterocycles. The maximum absolute atomic E-state index is 8.78. The van der Waals surface area contributed by atoms with E-state index in [9.17, 15) is 0 Å². The summed E-state index contributed by atoms with van der Waals surface area (Å²) in [5.41, 5.74) is 8.30. The Kier molecular flexibility index (Phi) is 2.74. The summed E-state index contributed by atoms with van der Waals surface area (Å²) in [5.74, 6) is 0.806. The molecule has 1 aromatic rings. The average molecular weight is 215 g/mol. The molecule has 0 amide bonds. The van der Waals surface area contributed by atoms with Crippen LogP contribution in [0.5, 0.6) is 0 Å². The van der Waals surface area contributed by atoms with Crippen LogP contribution >= 0.6 is 0 Å². The molecule has 0 spiro atoms. The van der Waals surface area contributed by atoms with Crippen molar-refractivity contribution < 1.29 is 0 Å². The number of rotatable bonds is 3. The van der Waals surface area contributed by atoms with Gasteiger partial charge in [0.15, 0.2) is 0 Å². The fourth-order valence-electron chi connectivity index (χ4n) is 2.06. The number of nitrogens with zero attached hydrogens (tertiary/aromatic N) is 2. The van der Waals surface area contributed by atoms with E-state index in [1.807, 2.05) is 12.1 Å². The van der Waals surface area contributed by atoms with Crippen LogP contribution in [0.1, 0.15) is 25.3 Å². The van der Waals surface area contributed by atoms with E-state index in [1.165, 1.54) is 12.8 Å². The first-order chi connectivity index (χ1) is 7.63. The van der Waals surface area contributed by atoms with Crippen LogP contribution in [0.15, 0.2) is 18.2 Å². The van der Waals surface area contributed by atoms with Crippen LogP contribution in [-0.2, 0) is 0 Å². The van der Waals surface area contributed by atoms with Gasteiger partial charge in [-0.05, 0) is 43.9 Å². The van der Waals surface area contributed by atoms with Gasteiger partial charge in [0.1, 0.15) is 0 Å². The number of nitrogens with two attached hydrogens (primary N) is 1. The standard InChI is InChI=1S/C13H17N3/c1-9(11-4-5-11)16(2)13-6-3-10(8-14)7-12(13)15/h3,6-7,9,11H,4-5,15H2,1-2H3. The van der Waals surface area contributed by atoms with Crippen LogP contribution in [0.3, 0.4) is 0 Å². The molecule has 0 aliphatic heterocycles. The number of benzene rings is 1. The molecule has 0 heterocycles. The largest absolute Gasteiger partial charge is 0.397 e. The zero-order valence-corrected chi connectivity index (χ0v) is 9.77. The van der Waals surface area contributed by atoms with Crippen LogP contribution in [0.25, 0.3) is 0 Å². The SMILES string of the molecule is CC(C1CC1)N(C)c1ccc(C#N)cc1N. The van der Waals surface area contributed by atoms with Gasteiger partial charge >= 0.3 is 0 Å². The van der Waals surface area contributed by atoms with Crippen molar-refractivity contribution in [3.05, 3.63) is 23.8 Å². The van der Waals surface area contributed by atoms with Gasteiger partial charge in [0, 0.05) is 13.1 Å². The third-order valence-electron chi connectivity index (χ3n) is 3.45. The van der Waals surface area contributed by atoms with Crippen molar-refractivity contribution in [2.24, 2.45) is 5.92 Å². The summed E-state index contributed by atoms with van der Waals surface area (Å²) in [6, 6.07) is 8.12. The van der Waals surface area contributed by atoms with Crippen LogP contribution in [-0.4, -0.2) is 13.1 Å². The Morgan fingerprint density at radius 2 is 2.19 bits per heavy atom. The lowest BCUT2D eigenvalue weighted by Gasteiger charge is -2.28. The minimum atomic E-state index is 0.523. The molecule has 1 atom stereocenters. The zero-order valence-electron chi connectivity index (χ0n) is 9.77. The van der Waals surface area contributed by atoms with Crippen molar-refractivity contribution in [1.82, 2.24) is 0 Å². The van der Waals surface area contributed by atoms with E-state index in [-0.39, 0.29) is 0 Å². The summed E-state index contributed by atoms with van der Waals surface area (Å²) in [6.45, 7) is 2.23. The van der Waals surface area contributed by atoms with Gasteiger partial charge < -0.3 is 10.6 Å². The Balaban J connectivity index is 2.22. The molecule has 1 unspecified atom stereocenters. The zero-order chi connectivity index (χ0) is 11.7. The van der Waals surface area contributed by atoms with E-state index >= 15 is 0 Å². The van der Waals surface area contributed by atoms with Gasteiger partial charge in [0.2, 0.25) is 0 Å². The second-order valence-electron chi connectivity index (χ2n) is 4.57. The van der Waals surface area contributed by atoms with E-state index in [2.05, 4.69) is 24.9 Å². The molecule has 0 aromatic heterocycles. The molecular formula is C13H17N3. The molecule has 3 nitrogen and oxygen atoms in total. The molecule has 16 heavy (non-hydrogen) atoms. The molecule has 1 fully saturated rings. The van der Waals surface area contributed by atoms with E-state index in [0.29, 0.717) is 17.3 Å². The minimum absolute atomic E-state index is 0.523. The second-order valence-corrected chi connectivity index (χ2v) is 4.57. The fourth-order valence-corrected chi connectivity index (χ4v) is 2.06. The van der Waals surface area contributed by atoms with Crippen molar-refractivity contribution in [2.45, 2.75) is 25.8 Å². The van der Waals surface area contributed by atoms with Gasteiger partial charge in [0.25, 0.3) is 0 Å². The topological polar surface area (TPSA) is 53.0 Å². The normalized spacial score (nSPS) is 16.6. The molecule has 0 radical (unpaired) electrons. The lowest BCUT2D eigenvalue weighted by molar-refractivity contribution is 0.610. The van der Waals surface area contributed by atoms with E-state index in [1.54, 1.807) is 6.07 Å². The summed E-state index contributed by atoms with van der Waals surface area (Å²) in [7, 11) is 2.07. The number of nitriles is 1. The minimum Gasteiger partial charge on any atom is -0.397 e. The Morgan fingerprint density at radius 3 is 2.69 bits per heavy atom. The molecule has 1 saturated carbocycles. The molecule has 1 aliphatic rings. The third kappa shape index (κ3) is 1.96. The molecule has 2 N–H and O–H groups in total. The number of anilines is 2. The predicted molar refractivity (Wildman–Crippen MR) is 66.2 cm³/mol. The number of nitrogen functional groups attached to an aromatic ring is 1. The van der Waals surface area contributed by atoms with Crippen LogP contribution in [0.2, 0.25) is 0 Å². The molecule has 2 rings (SSSR count). The van der Waals surface area contributed by atoms with Crippen LogP contribution in [0, 0.1) is 17.2 Å². The Hall–Kier alpha value is -1.69. The molecular weight excluding hydrogens is 198 g/mol. The van der Waals surface area contributed by atoms with E-state index < -0.39 is 0 Å². The lowest BCUT2D eigenvalue weighted by Crippen LogP contribution is -2.31. The van der Waals surface area contributed by atoms with Gasteiger partial charge in [-0.25, -0.2) is 0 Å². The molecule has 84 valence electrons. The van der Waals surface area contributed by atoms with Crippen molar-refractivity contribution in [1.29, 1.82) is 5.26 Å². The summed E-state index contributed by atoms with van der Waals surface area (Å²) in [4.78, 5) is 2.22. The summed E-state index contributed by atoms with van der Waals surface area (Å²) < 4.78 is 0. The highest BCUT2D eigenvalue weighted by atomic mass is 15.1. The van der Waals surface area contributed by atoms with Gasteiger partial charge in [0.05, 0.1) is 23.0 Å². The van der Waals surface area contributed by atoms with Crippen molar-refractivity contribution >= 4 is 11.4 Å². The molecule has 1 aliphatic carbocycles. The van der Waals surface area contributed by atoms with Crippen LogP contribution in [0.4, 0.5) is 11.4 Å². The monoisotopic (exact) mass is 215 g/mol. The van der Waals surface area contributed by atoms with Crippen molar-refractivity contribution in [2.75, 3.05) is 17.7 Å². The molecule has 3 heteroatoms. The first kappa shape index (κ1) is 10.8. The Labute approximate surface area is 96.5 Å². The third-order valence-corrected chi connectivity index (χ3v) is 3.45. The first-order valence-corrected chi connectivity index (χ1v) is 5.66. The smallest absolute Gasteiger partial charge is 0.0992 e. The Bertz CT molecular complexity index is 429. The van der Waals surface area contributed by atoms with E-state index in [4.69, 9.17) is 11.0 Å². The van der Waals surface area contributed by atoms with Gasteiger partial charge in [-0.3, -0.25) is 0 Å². The average Bonchev–Trinajstić information content (AvgIpc) is 3.10. The van der Waals surface area contributed by atoms with Gasteiger partial charge in [-0.2, -0.15) is 5.26 Å². The summed E-state index contributed by atoms with van der Waals surface area (Å²) >= 11 is 0. The van der Waals surface area contributed by atoms with E-state index in [0.717, 1.165) is 11.6 Å². The van der Waals surface area contributed by atoms with Crippen LogP contribution < -0.4 is 10.6 Å². The highest BCUT2D eigenvalue weighted by molar-refractivity contribution is 5.69. The maximum Gasteiger partial charge on any atom is 0.0992 e. The summed E-state index contributed by atoms with van der Waals surface area (Å²) in [5, 5.41) is 8.78. The quantitative estimate of drug-likeness (QED) is 0.787. The first-order valence-electron chi connectivity index (χ1n) is 5.66. The second kappa shape index (κ2) is 4.05. The van der Waals surface area contributed by atoms with Crippen molar-refractivity contribution in [3.8, 4) is 6.07 Å². The van der Waals surface area contributed by atoms with Crippen molar-refractivity contribution in [3.63, 3.8) is 0 Å². The summed E-state index contributed by atoms with van der Waals surface area (Å²) in [6.07, 6.45) is 2.64. The highest BCUT2D eigenvalue weighted by Gasteiger charge is 2.31. The number of hydrogen-bond donors (Lipinski definition) is 1. The Morgan fingerprint density at radius 1 is 1.50 bits per heavy atom. The predicted octanol–water partition coefficient (Wildman–Crippen LogP) is 2.38. The lowest BCUT2D eigenvalue weighted by atomic mass is 10.1. The highest BCUT2D eigenvalue weighted by Crippen LogP contribution is 2.37.